The van der Waals surface area contributed by atoms with Crippen molar-refractivity contribution in [3.05, 3.63) is 84.2 Å². The lowest BCUT2D eigenvalue weighted by Crippen LogP contribution is -2.19. The average Bonchev–Trinajstić information content (AvgIpc) is 2.75. The lowest BCUT2D eigenvalue weighted by molar-refractivity contribution is 0.262. The minimum atomic E-state index is -0.378. The first-order valence-electron chi connectivity index (χ1n) is 9.18. The number of nitrogens with one attached hydrogen (secondary N) is 2. The van der Waals surface area contributed by atoms with Crippen molar-refractivity contribution in [2.45, 2.75) is 6.92 Å². The number of hydrogen-bond acceptors (Lipinski definition) is 5. The van der Waals surface area contributed by atoms with Crippen LogP contribution in [0.1, 0.15) is 11.3 Å². The van der Waals surface area contributed by atoms with E-state index >= 15 is 0 Å². The summed E-state index contributed by atoms with van der Waals surface area (Å²) in [4.78, 5) is 20.9. The van der Waals surface area contributed by atoms with Gasteiger partial charge < -0.3 is 15.4 Å². The van der Waals surface area contributed by atoms with Crippen LogP contribution in [0.25, 0.3) is 11.0 Å². The number of hydrogen-bond donors (Lipinski definition) is 2. The van der Waals surface area contributed by atoms with Gasteiger partial charge in [-0.05, 0) is 67.6 Å². The quantitative estimate of drug-likeness (QED) is 0.492. The van der Waals surface area contributed by atoms with Gasteiger partial charge in [-0.1, -0.05) is 0 Å². The van der Waals surface area contributed by atoms with Crippen LogP contribution in [0, 0.1) is 18.3 Å². The van der Waals surface area contributed by atoms with E-state index in [9.17, 15) is 4.79 Å². The molecule has 2 amide bonds. The smallest absolute Gasteiger partial charge is 0.323 e. The number of fused-ring (bicyclic) bond motifs is 1. The Morgan fingerprint density at radius 1 is 0.900 bits per heavy atom. The van der Waals surface area contributed by atoms with Gasteiger partial charge in [0.15, 0.2) is 0 Å². The maximum Gasteiger partial charge on any atom is 0.323 e. The zero-order valence-electron chi connectivity index (χ0n) is 16.1. The number of rotatable bonds is 4. The SMILES string of the molecule is Cc1cnc2ccc(Oc3ccc(NC(=O)Nc4ccc(C#N)cc4)cc3)cc2n1. The summed E-state index contributed by atoms with van der Waals surface area (Å²) in [5.41, 5.74) is 4.17. The number of benzene rings is 3. The standard InChI is InChI=1S/C23H17N5O2/c1-15-14-25-21-11-10-20(12-22(21)26-15)30-19-8-6-18(7-9-19)28-23(29)27-17-4-2-16(13-24)3-5-17/h2-12,14H,1H3,(H2,27,28,29). The predicted molar refractivity (Wildman–Crippen MR) is 115 cm³/mol. The first-order valence-corrected chi connectivity index (χ1v) is 9.18. The lowest BCUT2D eigenvalue weighted by Gasteiger charge is -2.10. The molecule has 0 aliphatic carbocycles. The zero-order chi connectivity index (χ0) is 20.9. The van der Waals surface area contributed by atoms with Crippen LogP contribution in [0.3, 0.4) is 0 Å². The number of nitrogens with zero attached hydrogens (tertiary/aromatic N) is 3. The highest BCUT2D eigenvalue weighted by atomic mass is 16.5. The van der Waals surface area contributed by atoms with Crippen molar-refractivity contribution in [1.82, 2.24) is 9.97 Å². The Kier molecular flexibility index (Phi) is 5.22. The Morgan fingerprint density at radius 3 is 2.20 bits per heavy atom. The van der Waals surface area contributed by atoms with Crippen LogP contribution < -0.4 is 15.4 Å². The number of nitriles is 1. The normalized spacial score (nSPS) is 10.3. The molecule has 0 radical (unpaired) electrons. The maximum atomic E-state index is 12.1. The number of carbonyl (C=O) groups excluding carboxylic acids is 1. The number of carbonyl (C=O) groups is 1. The Morgan fingerprint density at radius 2 is 1.53 bits per heavy atom. The molecule has 4 rings (SSSR count). The largest absolute Gasteiger partial charge is 0.457 e. The van der Waals surface area contributed by atoms with Crippen molar-refractivity contribution in [2.24, 2.45) is 0 Å². The van der Waals surface area contributed by atoms with Crippen LogP contribution in [-0.4, -0.2) is 16.0 Å². The molecule has 7 nitrogen and oxygen atoms in total. The summed E-state index contributed by atoms with van der Waals surface area (Å²) in [6.45, 7) is 1.89. The Hall–Kier alpha value is -4.44. The van der Waals surface area contributed by atoms with E-state index in [-0.39, 0.29) is 6.03 Å². The first kappa shape index (κ1) is 18.9. The molecule has 0 saturated heterocycles. The van der Waals surface area contributed by atoms with E-state index in [1.165, 1.54) is 0 Å². The third-order valence-electron chi connectivity index (χ3n) is 4.25. The molecule has 4 aromatic rings. The van der Waals surface area contributed by atoms with Gasteiger partial charge in [-0.2, -0.15) is 5.26 Å². The molecule has 7 heteroatoms. The third-order valence-corrected chi connectivity index (χ3v) is 4.25. The van der Waals surface area contributed by atoms with Crippen LogP contribution in [0.5, 0.6) is 11.5 Å². The van der Waals surface area contributed by atoms with E-state index in [4.69, 9.17) is 10.00 Å². The van der Waals surface area contributed by atoms with E-state index in [1.807, 2.05) is 31.2 Å². The summed E-state index contributed by atoms with van der Waals surface area (Å²) in [5.74, 6) is 1.29. The van der Waals surface area contributed by atoms with Crippen LogP contribution in [-0.2, 0) is 0 Å². The monoisotopic (exact) mass is 395 g/mol. The molecule has 0 bridgehead atoms. The average molecular weight is 395 g/mol. The number of anilines is 2. The second-order valence-corrected chi connectivity index (χ2v) is 6.56. The Balaban J connectivity index is 1.38. The van der Waals surface area contributed by atoms with Gasteiger partial charge >= 0.3 is 6.03 Å². The van der Waals surface area contributed by atoms with Gasteiger partial charge in [0.25, 0.3) is 0 Å². The molecule has 0 saturated carbocycles. The van der Waals surface area contributed by atoms with Gasteiger partial charge in [0.2, 0.25) is 0 Å². The van der Waals surface area contributed by atoms with E-state index in [0.29, 0.717) is 28.4 Å². The fourth-order valence-corrected chi connectivity index (χ4v) is 2.81. The summed E-state index contributed by atoms with van der Waals surface area (Å²) < 4.78 is 5.88. The fourth-order valence-electron chi connectivity index (χ4n) is 2.81. The summed E-state index contributed by atoms with van der Waals surface area (Å²) in [6, 6.07) is 20.8. The predicted octanol–water partition coefficient (Wildman–Crippen LogP) is 5.25. The third kappa shape index (κ3) is 4.51. The highest BCUT2D eigenvalue weighted by Gasteiger charge is 2.05. The summed E-state index contributed by atoms with van der Waals surface area (Å²) in [5, 5.41) is 14.3. The molecule has 146 valence electrons. The molecule has 0 unspecified atom stereocenters. The molecule has 0 atom stereocenters. The van der Waals surface area contributed by atoms with E-state index in [1.54, 1.807) is 54.7 Å². The molecule has 0 fully saturated rings. The molecule has 30 heavy (non-hydrogen) atoms. The van der Waals surface area contributed by atoms with Crippen molar-refractivity contribution in [2.75, 3.05) is 10.6 Å². The van der Waals surface area contributed by atoms with Crippen LogP contribution in [0.4, 0.5) is 16.2 Å². The fraction of sp³-hybridized carbons (Fsp3) is 0.0435. The highest BCUT2D eigenvalue weighted by molar-refractivity contribution is 5.99. The van der Waals surface area contributed by atoms with Crippen molar-refractivity contribution >= 4 is 28.4 Å². The second kappa shape index (κ2) is 8.29. The van der Waals surface area contributed by atoms with E-state index in [2.05, 4.69) is 20.6 Å². The molecule has 0 aliphatic rings. The molecule has 0 spiro atoms. The Bertz CT molecular complexity index is 1250. The summed E-state index contributed by atoms with van der Waals surface area (Å²) in [6.07, 6.45) is 1.73. The van der Waals surface area contributed by atoms with Gasteiger partial charge in [0.1, 0.15) is 11.5 Å². The number of urea groups is 1. The van der Waals surface area contributed by atoms with Crippen LogP contribution >= 0.6 is 0 Å². The molecule has 0 aliphatic heterocycles. The van der Waals surface area contributed by atoms with Crippen molar-refractivity contribution in [3.8, 4) is 17.6 Å². The molecule has 3 aromatic carbocycles. The summed E-state index contributed by atoms with van der Waals surface area (Å²) in [7, 11) is 0. The minimum Gasteiger partial charge on any atom is -0.457 e. The topological polar surface area (TPSA) is 99.9 Å². The summed E-state index contributed by atoms with van der Waals surface area (Å²) >= 11 is 0. The van der Waals surface area contributed by atoms with Gasteiger partial charge in [0, 0.05) is 23.6 Å². The van der Waals surface area contributed by atoms with Crippen LogP contribution in [0.2, 0.25) is 0 Å². The number of amides is 2. The second-order valence-electron chi connectivity index (χ2n) is 6.56. The molecule has 2 N–H and O–H groups in total. The van der Waals surface area contributed by atoms with Gasteiger partial charge in [-0.3, -0.25) is 4.98 Å². The van der Waals surface area contributed by atoms with Crippen LogP contribution in [0.15, 0.2) is 72.9 Å². The molecular weight excluding hydrogens is 378 g/mol. The number of ether oxygens (including phenoxy) is 1. The minimum absolute atomic E-state index is 0.378. The molecule has 1 heterocycles. The molecular formula is C23H17N5O2. The maximum absolute atomic E-state index is 12.1. The Labute approximate surface area is 173 Å². The van der Waals surface area contributed by atoms with E-state index in [0.717, 1.165) is 16.7 Å². The zero-order valence-corrected chi connectivity index (χ0v) is 16.1. The lowest BCUT2D eigenvalue weighted by atomic mass is 10.2. The number of aryl methyl sites for hydroxylation is 1. The van der Waals surface area contributed by atoms with Crippen molar-refractivity contribution in [3.63, 3.8) is 0 Å². The number of aromatic nitrogens is 2. The molecule has 1 aromatic heterocycles. The van der Waals surface area contributed by atoms with Gasteiger partial charge in [0.05, 0.1) is 28.4 Å². The van der Waals surface area contributed by atoms with E-state index < -0.39 is 0 Å². The highest BCUT2D eigenvalue weighted by Crippen LogP contribution is 2.25. The van der Waals surface area contributed by atoms with Gasteiger partial charge in [-0.25, -0.2) is 9.78 Å². The van der Waals surface area contributed by atoms with Crippen molar-refractivity contribution in [1.29, 1.82) is 5.26 Å². The van der Waals surface area contributed by atoms with Gasteiger partial charge in [-0.15, -0.1) is 0 Å². The van der Waals surface area contributed by atoms with Crippen molar-refractivity contribution < 1.29 is 9.53 Å². The first-order chi connectivity index (χ1) is 14.6.